The lowest BCUT2D eigenvalue weighted by Gasteiger charge is -2.18. The Morgan fingerprint density at radius 2 is 1.88 bits per heavy atom. The zero-order valence-electron chi connectivity index (χ0n) is 18.5. The zero-order valence-corrected chi connectivity index (χ0v) is 20.1. The minimum absolute atomic E-state index is 0.187. The van der Waals surface area contributed by atoms with Gasteiger partial charge in [-0.1, -0.05) is 54.0 Å². The van der Waals surface area contributed by atoms with E-state index in [9.17, 15) is 14.4 Å². The largest absolute Gasteiger partial charge is 0.488 e. The molecule has 174 valence electrons. The van der Waals surface area contributed by atoms with Gasteiger partial charge in [0.25, 0.3) is 0 Å². The summed E-state index contributed by atoms with van der Waals surface area (Å²) in [6.45, 7) is 4.13. The standard InChI is InChI=1S/C24H25BrN2O6/c1-14(2)11-17(24(30)31-3)26-27-23(29)21-12-18(28)22-19(9-6-10-20(22)33-21)32-13-15-7-4-5-8-16(15)25/h4-10,12,14,17,26H,11,13H2,1-3H3,(H,27,29)/t17-/m0/s1. The van der Waals surface area contributed by atoms with Crippen molar-refractivity contribution >= 4 is 38.8 Å². The molecule has 1 aromatic heterocycles. The molecule has 0 fully saturated rings. The highest BCUT2D eigenvalue weighted by Gasteiger charge is 2.22. The number of benzene rings is 2. The summed E-state index contributed by atoms with van der Waals surface area (Å²) in [5.41, 5.74) is 5.79. The van der Waals surface area contributed by atoms with Crippen molar-refractivity contribution < 1.29 is 23.5 Å². The summed E-state index contributed by atoms with van der Waals surface area (Å²) in [7, 11) is 1.28. The summed E-state index contributed by atoms with van der Waals surface area (Å²) in [6, 6.07) is 12.9. The Kier molecular flexibility index (Phi) is 8.24. The molecule has 3 aromatic rings. The van der Waals surface area contributed by atoms with Crippen molar-refractivity contribution in [1.29, 1.82) is 0 Å². The first-order chi connectivity index (χ1) is 15.8. The Labute approximate surface area is 199 Å². The smallest absolute Gasteiger partial charge is 0.324 e. The minimum Gasteiger partial charge on any atom is -0.488 e. The first-order valence-electron chi connectivity index (χ1n) is 10.4. The Balaban J connectivity index is 1.79. The van der Waals surface area contributed by atoms with E-state index in [4.69, 9.17) is 13.9 Å². The number of esters is 1. The van der Waals surface area contributed by atoms with Crippen LogP contribution in [0.1, 0.15) is 36.4 Å². The number of nitrogens with one attached hydrogen (secondary N) is 2. The average molecular weight is 517 g/mol. The van der Waals surface area contributed by atoms with Gasteiger partial charge in [0.05, 0.1) is 7.11 Å². The lowest BCUT2D eigenvalue weighted by molar-refractivity contribution is -0.143. The second-order valence-corrected chi connectivity index (χ2v) is 8.64. The maximum Gasteiger partial charge on any atom is 0.324 e. The summed E-state index contributed by atoms with van der Waals surface area (Å²) in [5, 5.41) is 0.237. The van der Waals surface area contributed by atoms with E-state index in [1.54, 1.807) is 18.2 Å². The highest BCUT2D eigenvalue weighted by molar-refractivity contribution is 9.10. The Morgan fingerprint density at radius 1 is 1.12 bits per heavy atom. The molecule has 0 spiro atoms. The summed E-state index contributed by atoms with van der Waals surface area (Å²) in [6.07, 6.45) is 0.451. The van der Waals surface area contributed by atoms with E-state index in [1.165, 1.54) is 7.11 Å². The molecular formula is C24H25BrN2O6. The molecule has 8 nitrogen and oxygen atoms in total. The molecule has 2 aromatic carbocycles. The molecule has 0 aliphatic heterocycles. The van der Waals surface area contributed by atoms with E-state index in [-0.39, 0.29) is 29.3 Å². The number of ether oxygens (including phenoxy) is 2. The lowest BCUT2D eigenvalue weighted by Crippen LogP contribution is -2.49. The van der Waals surface area contributed by atoms with Gasteiger partial charge in [-0.15, -0.1) is 0 Å². The fraction of sp³-hybridized carbons (Fsp3) is 0.292. The molecule has 9 heteroatoms. The molecule has 1 amide bonds. The second-order valence-electron chi connectivity index (χ2n) is 7.79. The molecule has 1 heterocycles. The molecule has 0 radical (unpaired) electrons. The van der Waals surface area contributed by atoms with Gasteiger partial charge in [0.1, 0.15) is 29.4 Å². The molecular weight excluding hydrogens is 492 g/mol. The van der Waals surface area contributed by atoms with Crippen molar-refractivity contribution in [2.45, 2.75) is 32.9 Å². The van der Waals surface area contributed by atoms with Crippen LogP contribution >= 0.6 is 15.9 Å². The number of carbonyl (C=O) groups is 2. The number of hydrogen-bond acceptors (Lipinski definition) is 7. The van der Waals surface area contributed by atoms with E-state index < -0.39 is 23.3 Å². The number of fused-ring (bicyclic) bond motifs is 1. The molecule has 0 aliphatic carbocycles. The van der Waals surface area contributed by atoms with Crippen molar-refractivity contribution in [3.05, 3.63) is 74.6 Å². The number of hydrogen-bond donors (Lipinski definition) is 2. The van der Waals surface area contributed by atoms with Crippen molar-refractivity contribution in [3.8, 4) is 5.75 Å². The van der Waals surface area contributed by atoms with Gasteiger partial charge in [-0.25, -0.2) is 5.43 Å². The first kappa shape index (κ1) is 24.5. The van der Waals surface area contributed by atoms with Gasteiger partial charge in [-0.3, -0.25) is 19.8 Å². The number of amides is 1. The highest BCUT2D eigenvalue weighted by Crippen LogP contribution is 2.25. The third kappa shape index (κ3) is 6.21. The van der Waals surface area contributed by atoms with Crippen LogP contribution in [0.2, 0.25) is 0 Å². The lowest BCUT2D eigenvalue weighted by atomic mass is 10.0. The minimum atomic E-state index is -0.733. The number of carbonyl (C=O) groups excluding carboxylic acids is 2. The summed E-state index contributed by atoms with van der Waals surface area (Å²) in [4.78, 5) is 37.3. The number of rotatable bonds is 9. The molecule has 0 saturated carbocycles. The van der Waals surface area contributed by atoms with Gasteiger partial charge in [0, 0.05) is 16.1 Å². The van der Waals surface area contributed by atoms with Crippen LogP contribution in [0.25, 0.3) is 11.0 Å². The van der Waals surface area contributed by atoms with Crippen LogP contribution in [0, 0.1) is 5.92 Å². The van der Waals surface area contributed by atoms with E-state index in [2.05, 4.69) is 26.8 Å². The number of hydrazine groups is 1. The SMILES string of the molecule is COC(=O)[C@H](CC(C)C)NNC(=O)c1cc(=O)c2c(OCc3ccccc3Br)cccc2o1. The molecule has 1 atom stereocenters. The normalized spacial score (nSPS) is 11.9. The van der Waals surface area contributed by atoms with E-state index in [1.807, 2.05) is 38.1 Å². The van der Waals surface area contributed by atoms with Crippen LogP contribution in [0.15, 0.2) is 62.2 Å². The van der Waals surface area contributed by atoms with Crippen LogP contribution in [-0.2, 0) is 16.1 Å². The van der Waals surface area contributed by atoms with Gasteiger partial charge in [0.15, 0.2) is 11.2 Å². The van der Waals surface area contributed by atoms with E-state index in [0.717, 1.165) is 16.1 Å². The zero-order chi connectivity index (χ0) is 24.0. The molecule has 33 heavy (non-hydrogen) atoms. The Hall–Kier alpha value is -3.17. The van der Waals surface area contributed by atoms with Crippen LogP contribution in [0.3, 0.4) is 0 Å². The molecule has 0 bridgehead atoms. The van der Waals surface area contributed by atoms with Gasteiger partial charge < -0.3 is 13.9 Å². The molecule has 0 unspecified atom stereocenters. The van der Waals surface area contributed by atoms with Crippen LogP contribution in [0.5, 0.6) is 5.75 Å². The summed E-state index contributed by atoms with van der Waals surface area (Å²) < 4.78 is 17.2. The van der Waals surface area contributed by atoms with Gasteiger partial charge in [-0.2, -0.15) is 0 Å². The second kappa shape index (κ2) is 11.1. The molecule has 3 rings (SSSR count). The Morgan fingerprint density at radius 3 is 2.58 bits per heavy atom. The molecule has 0 aliphatic rings. The maximum absolute atomic E-state index is 12.8. The number of methoxy groups -OCH3 is 1. The van der Waals surface area contributed by atoms with Gasteiger partial charge in [0.2, 0.25) is 0 Å². The van der Waals surface area contributed by atoms with Crippen LogP contribution in [-0.4, -0.2) is 25.0 Å². The third-order valence-corrected chi connectivity index (χ3v) is 5.61. The summed E-state index contributed by atoms with van der Waals surface area (Å²) >= 11 is 3.47. The van der Waals surface area contributed by atoms with E-state index >= 15 is 0 Å². The monoisotopic (exact) mass is 516 g/mol. The van der Waals surface area contributed by atoms with Gasteiger partial charge in [-0.05, 0) is 30.5 Å². The topological polar surface area (TPSA) is 107 Å². The summed E-state index contributed by atoms with van der Waals surface area (Å²) in [5.74, 6) is -0.852. The fourth-order valence-corrected chi connectivity index (χ4v) is 3.62. The third-order valence-electron chi connectivity index (χ3n) is 4.83. The Bertz CT molecular complexity index is 1210. The van der Waals surface area contributed by atoms with Crippen molar-refractivity contribution in [1.82, 2.24) is 10.9 Å². The first-order valence-corrected chi connectivity index (χ1v) is 11.2. The maximum atomic E-state index is 12.8. The van der Waals surface area contributed by atoms with E-state index in [0.29, 0.717) is 12.2 Å². The predicted octanol–water partition coefficient (Wildman–Crippen LogP) is 3.96. The van der Waals surface area contributed by atoms with Crippen LogP contribution < -0.4 is 21.0 Å². The van der Waals surface area contributed by atoms with Gasteiger partial charge >= 0.3 is 11.9 Å². The number of halogens is 1. The van der Waals surface area contributed by atoms with Crippen molar-refractivity contribution in [3.63, 3.8) is 0 Å². The van der Waals surface area contributed by atoms with Crippen LogP contribution in [0.4, 0.5) is 0 Å². The quantitative estimate of drug-likeness (QED) is 0.327. The predicted molar refractivity (Wildman–Crippen MR) is 127 cm³/mol. The highest BCUT2D eigenvalue weighted by atomic mass is 79.9. The van der Waals surface area contributed by atoms with Crippen molar-refractivity contribution in [2.75, 3.05) is 7.11 Å². The molecule has 2 N–H and O–H groups in total. The average Bonchev–Trinajstić information content (AvgIpc) is 2.80. The molecule has 0 saturated heterocycles. The van der Waals surface area contributed by atoms with Crippen molar-refractivity contribution in [2.24, 2.45) is 5.92 Å². The fourth-order valence-electron chi connectivity index (χ4n) is 3.22.